The molecule has 0 unspecified atom stereocenters. The van der Waals surface area contributed by atoms with E-state index in [2.05, 4.69) is 5.10 Å². The third kappa shape index (κ3) is 2.54. The monoisotopic (exact) mass is 344 g/mol. The van der Waals surface area contributed by atoms with Gasteiger partial charge in [-0.25, -0.2) is 9.31 Å². The largest absolute Gasteiger partial charge is 0.461 e. The van der Waals surface area contributed by atoms with Gasteiger partial charge in [-0.3, -0.25) is 4.79 Å². The van der Waals surface area contributed by atoms with Crippen LogP contribution in [0.25, 0.3) is 16.3 Å². The molecule has 0 bridgehead atoms. The van der Waals surface area contributed by atoms with E-state index in [4.69, 9.17) is 4.74 Å². The fourth-order valence-corrected chi connectivity index (χ4v) is 3.09. The number of ether oxygens (including phenoxy) is 1. The Labute approximate surface area is 149 Å². The summed E-state index contributed by atoms with van der Waals surface area (Å²) >= 11 is 0. The van der Waals surface area contributed by atoms with Crippen molar-refractivity contribution in [1.29, 1.82) is 0 Å². The highest BCUT2D eigenvalue weighted by Crippen LogP contribution is 2.27. The van der Waals surface area contributed by atoms with E-state index >= 15 is 0 Å². The Balaban J connectivity index is 2.03. The highest BCUT2D eigenvalue weighted by atomic mass is 16.5. The van der Waals surface area contributed by atoms with Crippen LogP contribution in [0.3, 0.4) is 0 Å². The first-order chi connectivity index (χ1) is 12.7. The van der Waals surface area contributed by atoms with E-state index < -0.39 is 5.97 Å². The van der Waals surface area contributed by atoms with Crippen molar-refractivity contribution in [2.45, 2.75) is 6.92 Å². The molecule has 2 aromatic carbocycles. The molecule has 0 saturated heterocycles. The number of aromatic nitrogens is 2. The van der Waals surface area contributed by atoms with E-state index in [1.165, 1.54) is 4.52 Å². The van der Waals surface area contributed by atoms with Crippen molar-refractivity contribution in [3.8, 4) is 0 Å². The van der Waals surface area contributed by atoms with Crippen LogP contribution in [-0.4, -0.2) is 28.0 Å². The van der Waals surface area contributed by atoms with Crippen LogP contribution in [0.5, 0.6) is 0 Å². The Hall–Kier alpha value is -3.47. The molecule has 0 fully saturated rings. The van der Waals surface area contributed by atoms with Crippen molar-refractivity contribution in [1.82, 2.24) is 9.61 Å². The number of benzene rings is 2. The molecule has 5 nitrogen and oxygen atoms in total. The fourth-order valence-electron chi connectivity index (χ4n) is 3.09. The SMILES string of the molecule is CCOC(=O)c1cc(C(=O)c2ccccc2)c2c3ccccc3cnn12. The molecule has 2 aromatic heterocycles. The van der Waals surface area contributed by atoms with Crippen LogP contribution in [0.15, 0.2) is 66.9 Å². The lowest BCUT2D eigenvalue weighted by Crippen LogP contribution is -2.09. The molecule has 0 N–H and O–H groups in total. The zero-order valence-electron chi connectivity index (χ0n) is 14.2. The average molecular weight is 344 g/mol. The summed E-state index contributed by atoms with van der Waals surface area (Å²) in [6, 6.07) is 18.2. The van der Waals surface area contributed by atoms with E-state index in [0.29, 0.717) is 16.6 Å². The molecule has 4 rings (SSSR count). The second-order valence-corrected chi connectivity index (χ2v) is 5.85. The van der Waals surface area contributed by atoms with Crippen LogP contribution in [0.4, 0.5) is 0 Å². The molecule has 0 aliphatic carbocycles. The molecule has 4 aromatic rings. The molecular weight excluding hydrogens is 328 g/mol. The van der Waals surface area contributed by atoms with Crippen molar-refractivity contribution in [3.05, 3.63) is 83.7 Å². The summed E-state index contributed by atoms with van der Waals surface area (Å²) in [5, 5.41) is 6.13. The Morgan fingerprint density at radius 2 is 1.77 bits per heavy atom. The first-order valence-electron chi connectivity index (χ1n) is 8.37. The molecule has 0 radical (unpaired) electrons. The van der Waals surface area contributed by atoms with E-state index in [1.54, 1.807) is 31.3 Å². The van der Waals surface area contributed by atoms with Gasteiger partial charge in [-0.1, -0.05) is 54.6 Å². The van der Waals surface area contributed by atoms with Crippen LogP contribution < -0.4 is 0 Å². The maximum atomic E-state index is 13.1. The number of rotatable bonds is 4. The summed E-state index contributed by atoms with van der Waals surface area (Å²) < 4.78 is 6.63. The Kier molecular flexibility index (Phi) is 3.97. The number of carbonyl (C=O) groups excluding carboxylic acids is 2. The van der Waals surface area contributed by atoms with Crippen LogP contribution in [0, 0.1) is 0 Å². The number of ketones is 1. The van der Waals surface area contributed by atoms with Crippen LogP contribution in [0.1, 0.15) is 33.3 Å². The topological polar surface area (TPSA) is 60.7 Å². The normalized spacial score (nSPS) is 11.0. The minimum Gasteiger partial charge on any atom is -0.461 e. The van der Waals surface area contributed by atoms with Gasteiger partial charge in [0.15, 0.2) is 11.5 Å². The summed E-state index contributed by atoms with van der Waals surface area (Å²) in [5.74, 6) is -0.658. The molecule has 0 aliphatic rings. The lowest BCUT2D eigenvalue weighted by atomic mass is 10.0. The summed E-state index contributed by atoms with van der Waals surface area (Å²) in [6.07, 6.45) is 1.68. The lowest BCUT2D eigenvalue weighted by Gasteiger charge is -2.05. The summed E-state index contributed by atoms with van der Waals surface area (Å²) in [7, 11) is 0. The minimum atomic E-state index is -0.502. The summed E-state index contributed by atoms with van der Waals surface area (Å²) in [5.41, 5.74) is 1.85. The van der Waals surface area contributed by atoms with Gasteiger partial charge < -0.3 is 4.74 Å². The van der Waals surface area contributed by atoms with Gasteiger partial charge in [0.25, 0.3) is 0 Å². The fraction of sp³-hybridized carbons (Fsp3) is 0.0952. The van der Waals surface area contributed by atoms with Gasteiger partial charge in [0.05, 0.1) is 23.9 Å². The lowest BCUT2D eigenvalue weighted by molar-refractivity contribution is 0.0517. The first-order valence-corrected chi connectivity index (χ1v) is 8.37. The number of esters is 1. The zero-order valence-corrected chi connectivity index (χ0v) is 14.2. The highest BCUT2D eigenvalue weighted by Gasteiger charge is 2.23. The van der Waals surface area contributed by atoms with Crippen molar-refractivity contribution in [2.75, 3.05) is 6.61 Å². The molecule has 5 heteroatoms. The molecule has 128 valence electrons. The van der Waals surface area contributed by atoms with Crippen molar-refractivity contribution >= 4 is 28.0 Å². The number of hydrogen-bond donors (Lipinski definition) is 0. The third-order valence-electron chi connectivity index (χ3n) is 4.27. The molecule has 0 spiro atoms. The van der Waals surface area contributed by atoms with Crippen LogP contribution in [0.2, 0.25) is 0 Å². The van der Waals surface area contributed by atoms with Gasteiger partial charge in [0.2, 0.25) is 0 Å². The van der Waals surface area contributed by atoms with Gasteiger partial charge in [0.1, 0.15) is 0 Å². The maximum absolute atomic E-state index is 13.1. The van der Waals surface area contributed by atoms with Crippen LogP contribution >= 0.6 is 0 Å². The van der Waals surface area contributed by atoms with Gasteiger partial charge in [0, 0.05) is 16.3 Å². The predicted octanol–water partition coefficient (Wildman–Crippen LogP) is 3.90. The van der Waals surface area contributed by atoms with Crippen molar-refractivity contribution in [3.63, 3.8) is 0 Å². The summed E-state index contributed by atoms with van der Waals surface area (Å²) in [6.45, 7) is 1.99. The van der Waals surface area contributed by atoms with Gasteiger partial charge in [-0.2, -0.15) is 5.10 Å². The number of hydrogen-bond acceptors (Lipinski definition) is 4. The highest BCUT2D eigenvalue weighted by molar-refractivity contribution is 6.18. The van der Waals surface area contributed by atoms with Gasteiger partial charge in [-0.15, -0.1) is 0 Å². The minimum absolute atomic E-state index is 0.156. The summed E-state index contributed by atoms with van der Waals surface area (Å²) in [4.78, 5) is 25.5. The molecule has 0 saturated carbocycles. The average Bonchev–Trinajstić information content (AvgIpc) is 3.08. The predicted molar refractivity (Wildman–Crippen MR) is 98.5 cm³/mol. The first kappa shape index (κ1) is 16.0. The molecule has 2 heterocycles. The molecule has 0 atom stereocenters. The number of nitrogens with zero attached hydrogens (tertiary/aromatic N) is 2. The van der Waals surface area contributed by atoms with E-state index in [9.17, 15) is 9.59 Å². The molecule has 26 heavy (non-hydrogen) atoms. The number of fused-ring (bicyclic) bond motifs is 3. The Morgan fingerprint density at radius 3 is 2.54 bits per heavy atom. The number of carbonyl (C=O) groups is 2. The van der Waals surface area contributed by atoms with Gasteiger partial charge in [-0.05, 0) is 13.0 Å². The Morgan fingerprint density at radius 1 is 1.04 bits per heavy atom. The van der Waals surface area contributed by atoms with Crippen molar-refractivity contribution in [2.24, 2.45) is 0 Å². The quantitative estimate of drug-likeness (QED) is 0.416. The third-order valence-corrected chi connectivity index (χ3v) is 4.27. The van der Waals surface area contributed by atoms with Crippen LogP contribution in [-0.2, 0) is 4.74 Å². The van der Waals surface area contributed by atoms with E-state index in [-0.39, 0.29) is 18.1 Å². The molecule has 0 amide bonds. The second kappa shape index (κ2) is 6.44. The Bertz CT molecular complexity index is 1130. The van der Waals surface area contributed by atoms with Crippen molar-refractivity contribution < 1.29 is 14.3 Å². The standard InChI is InChI=1S/C21H16N2O3/c1-2-26-21(25)18-12-17(20(24)14-8-4-3-5-9-14)19-16-11-7-6-10-15(16)13-22-23(18)19/h3-13H,2H2,1H3. The smallest absolute Gasteiger partial charge is 0.357 e. The van der Waals surface area contributed by atoms with Gasteiger partial charge >= 0.3 is 5.97 Å². The molecular formula is C21H16N2O3. The second-order valence-electron chi connectivity index (χ2n) is 5.85. The maximum Gasteiger partial charge on any atom is 0.357 e. The van der Waals surface area contributed by atoms with E-state index in [1.807, 2.05) is 42.5 Å². The molecule has 0 aliphatic heterocycles. The zero-order chi connectivity index (χ0) is 18.1. The van der Waals surface area contributed by atoms with E-state index in [0.717, 1.165) is 10.8 Å².